The van der Waals surface area contributed by atoms with Crippen LogP contribution in [0.5, 0.6) is 5.75 Å². The summed E-state index contributed by atoms with van der Waals surface area (Å²) in [6, 6.07) is 5.25. The zero-order valence-electron chi connectivity index (χ0n) is 13.8. The molecule has 1 aliphatic carbocycles. The first-order valence-corrected chi connectivity index (χ1v) is 8.90. The molecule has 0 atom stereocenters. The minimum atomic E-state index is -0.609. The van der Waals surface area contributed by atoms with Crippen molar-refractivity contribution in [2.45, 2.75) is 37.3 Å². The number of pyridine rings is 1. The predicted molar refractivity (Wildman–Crippen MR) is 96.0 cm³/mol. The largest absolute Gasteiger partial charge is 0.489 e. The molecule has 0 bridgehead atoms. The lowest BCUT2D eigenvalue weighted by molar-refractivity contribution is -0.135. The first-order valence-electron chi connectivity index (χ1n) is 8.52. The van der Waals surface area contributed by atoms with Crippen molar-refractivity contribution < 1.29 is 9.53 Å². The Morgan fingerprint density at radius 3 is 2.72 bits per heavy atom. The van der Waals surface area contributed by atoms with Crippen LogP contribution < -0.4 is 16.0 Å². The number of piperidine rings is 1. The Morgan fingerprint density at radius 2 is 2.04 bits per heavy atom. The standard InChI is InChI=1S/C18H20ClN3O3/c19-14-10-13-11(1-6-21-16(13)23)9-15(14)25-12-2-7-22(8-3-12)17(24)18(20)4-5-18/h1,6,9-10,12H,2-5,7-8,20H2,(H,21,23). The van der Waals surface area contributed by atoms with Crippen molar-refractivity contribution >= 4 is 28.3 Å². The third-order valence-electron chi connectivity index (χ3n) is 5.06. The first-order chi connectivity index (χ1) is 12.0. The number of nitrogens with one attached hydrogen (secondary N) is 1. The number of likely N-dealkylation sites (tertiary alicyclic amines) is 1. The molecule has 1 aromatic carbocycles. The number of ether oxygens (including phenoxy) is 1. The molecule has 0 unspecified atom stereocenters. The van der Waals surface area contributed by atoms with Gasteiger partial charge in [0.25, 0.3) is 5.56 Å². The molecule has 132 valence electrons. The third kappa shape index (κ3) is 3.12. The molecule has 2 fully saturated rings. The average Bonchev–Trinajstić information content (AvgIpc) is 3.35. The second-order valence-corrected chi connectivity index (χ2v) is 7.35. The van der Waals surface area contributed by atoms with Crippen LogP contribution in [-0.2, 0) is 4.79 Å². The van der Waals surface area contributed by atoms with E-state index in [-0.39, 0.29) is 17.6 Å². The number of H-pyrrole nitrogens is 1. The Hall–Kier alpha value is -2.05. The van der Waals surface area contributed by atoms with Crippen LogP contribution in [-0.4, -0.2) is 40.5 Å². The summed E-state index contributed by atoms with van der Waals surface area (Å²) in [6.45, 7) is 1.29. The number of fused-ring (bicyclic) bond motifs is 1. The number of hydrogen-bond acceptors (Lipinski definition) is 4. The monoisotopic (exact) mass is 361 g/mol. The number of carbonyl (C=O) groups excluding carboxylic acids is 1. The number of benzene rings is 1. The number of nitrogens with zero attached hydrogens (tertiary/aromatic N) is 1. The number of carbonyl (C=O) groups is 1. The van der Waals surface area contributed by atoms with E-state index in [1.54, 1.807) is 18.3 Å². The number of amides is 1. The van der Waals surface area contributed by atoms with Gasteiger partial charge in [0.15, 0.2) is 0 Å². The van der Waals surface area contributed by atoms with Crippen molar-refractivity contribution in [3.05, 3.63) is 39.8 Å². The Balaban J connectivity index is 1.45. The number of nitrogens with two attached hydrogens (primary N) is 1. The molecule has 0 spiro atoms. The normalized spacial score (nSPS) is 19.8. The summed E-state index contributed by atoms with van der Waals surface area (Å²) in [7, 11) is 0. The maximum absolute atomic E-state index is 12.3. The Labute approximate surface area is 149 Å². The van der Waals surface area contributed by atoms with E-state index >= 15 is 0 Å². The topological polar surface area (TPSA) is 88.4 Å². The molecule has 7 heteroatoms. The van der Waals surface area contributed by atoms with Gasteiger partial charge in [-0.25, -0.2) is 0 Å². The summed E-state index contributed by atoms with van der Waals surface area (Å²) >= 11 is 6.28. The molecular formula is C18H20ClN3O3. The van der Waals surface area contributed by atoms with Crippen LogP contribution >= 0.6 is 11.6 Å². The van der Waals surface area contributed by atoms with Crippen LogP contribution in [0, 0.1) is 0 Å². The van der Waals surface area contributed by atoms with Crippen molar-refractivity contribution in [2.24, 2.45) is 5.73 Å². The molecule has 1 amide bonds. The molecule has 4 rings (SSSR count). The molecule has 2 aromatic rings. The number of rotatable bonds is 3. The number of aromatic nitrogens is 1. The molecular weight excluding hydrogens is 342 g/mol. The highest BCUT2D eigenvalue weighted by Gasteiger charge is 2.48. The molecule has 6 nitrogen and oxygen atoms in total. The van der Waals surface area contributed by atoms with Crippen LogP contribution in [0.1, 0.15) is 25.7 Å². The lowest BCUT2D eigenvalue weighted by atomic mass is 10.1. The summed E-state index contributed by atoms with van der Waals surface area (Å²) in [5.74, 6) is 0.635. The maximum atomic E-state index is 12.3. The van der Waals surface area contributed by atoms with Gasteiger partial charge in [0.2, 0.25) is 5.91 Å². The Kier molecular flexibility index (Phi) is 3.96. The quantitative estimate of drug-likeness (QED) is 0.875. The minimum Gasteiger partial charge on any atom is -0.489 e. The predicted octanol–water partition coefficient (Wildman–Crippen LogP) is 2.04. The van der Waals surface area contributed by atoms with Crippen LogP contribution in [0.25, 0.3) is 10.8 Å². The van der Waals surface area contributed by atoms with Crippen LogP contribution in [0.15, 0.2) is 29.2 Å². The molecule has 2 heterocycles. The highest BCUT2D eigenvalue weighted by molar-refractivity contribution is 6.32. The van der Waals surface area contributed by atoms with Gasteiger partial charge >= 0.3 is 0 Å². The highest BCUT2D eigenvalue weighted by Crippen LogP contribution is 2.35. The van der Waals surface area contributed by atoms with Crippen LogP contribution in [0.2, 0.25) is 5.02 Å². The van der Waals surface area contributed by atoms with Crippen LogP contribution in [0.4, 0.5) is 0 Å². The number of hydrogen-bond donors (Lipinski definition) is 2. The second-order valence-electron chi connectivity index (χ2n) is 6.94. The molecule has 1 aliphatic heterocycles. The van der Waals surface area contributed by atoms with Gasteiger partial charge in [-0.15, -0.1) is 0 Å². The SMILES string of the molecule is NC1(C(=O)N2CCC(Oc3cc4cc[nH]c(=O)c4cc3Cl)CC2)CC1. The molecule has 3 N–H and O–H groups in total. The van der Waals surface area contributed by atoms with E-state index in [4.69, 9.17) is 22.1 Å². The lowest BCUT2D eigenvalue weighted by Gasteiger charge is -2.33. The van der Waals surface area contributed by atoms with Gasteiger partial charge in [-0.1, -0.05) is 11.6 Å². The zero-order valence-corrected chi connectivity index (χ0v) is 14.5. The molecule has 1 saturated carbocycles. The second kappa shape index (κ2) is 6.04. The van der Waals surface area contributed by atoms with E-state index in [1.807, 2.05) is 11.0 Å². The van der Waals surface area contributed by atoms with E-state index in [9.17, 15) is 9.59 Å². The molecule has 25 heavy (non-hydrogen) atoms. The van der Waals surface area contributed by atoms with E-state index in [0.29, 0.717) is 29.2 Å². The molecule has 0 radical (unpaired) electrons. The third-order valence-corrected chi connectivity index (χ3v) is 5.36. The average molecular weight is 362 g/mol. The number of aromatic amines is 1. The van der Waals surface area contributed by atoms with Crippen LogP contribution in [0.3, 0.4) is 0 Å². The maximum Gasteiger partial charge on any atom is 0.255 e. The van der Waals surface area contributed by atoms with Gasteiger partial charge < -0.3 is 20.4 Å². The van der Waals surface area contributed by atoms with Gasteiger partial charge in [0.05, 0.1) is 10.6 Å². The van der Waals surface area contributed by atoms with Gasteiger partial charge in [0.1, 0.15) is 11.9 Å². The fourth-order valence-corrected chi connectivity index (χ4v) is 3.51. The molecule has 2 aliphatic rings. The molecule has 1 aromatic heterocycles. The van der Waals surface area contributed by atoms with Crippen molar-refractivity contribution in [3.63, 3.8) is 0 Å². The highest BCUT2D eigenvalue weighted by atomic mass is 35.5. The van der Waals surface area contributed by atoms with E-state index in [2.05, 4.69) is 4.98 Å². The smallest absolute Gasteiger partial charge is 0.255 e. The summed E-state index contributed by atoms with van der Waals surface area (Å²) in [6.07, 6.45) is 4.65. The van der Waals surface area contributed by atoms with Gasteiger partial charge in [-0.05, 0) is 36.4 Å². The van der Waals surface area contributed by atoms with E-state index < -0.39 is 5.54 Å². The van der Waals surface area contributed by atoms with Gasteiger partial charge in [-0.3, -0.25) is 9.59 Å². The lowest BCUT2D eigenvalue weighted by Crippen LogP contribution is -2.50. The molecule has 1 saturated heterocycles. The van der Waals surface area contributed by atoms with E-state index in [0.717, 1.165) is 31.1 Å². The van der Waals surface area contributed by atoms with Crippen molar-refractivity contribution in [1.29, 1.82) is 0 Å². The Bertz CT molecular complexity index is 883. The van der Waals surface area contributed by atoms with Gasteiger partial charge in [-0.2, -0.15) is 0 Å². The summed E-state index contributed by atoms with van der Waals surface area (Å²) in [5.41, 5.74) is 5.21. The Morgan fingerprint density at radius 1 is 1.32 bits per heavy atom. The zero-order chi connectivity index (χ0) is 17.6. The van der Waals surface area contributed by atoms with Crippen molar-refractivity contribution in [3.8, 4) is 5.75 Å². The van der Waals surface area contributed by atoms with Gasteiger partial charge in [0, 0.05) is 37.5 Å². The summed E-state index contributed by atoms with van der Waals surface area (Å²) < 4.78 is 6.05. The van der Waals surface area contributed by atoms with Crippen molar-refractivity contribution in [2.75, 3.05) is 13.1 Å². The summed E-state index contributed by atoms with van der Waals surface area (Å²) in [5, 5.41) is 1.74. The summed E-state index contributed by atoms with van der Waals surface area (Å²) in [4.78, 5) is 28.6. The minimum absolute atomic E-state index is 0.00563. The van der Waals surface area contributed by atoms with Crippen molar-refractivity contribution in [1.82, 2.24) is 9.88 Å². The fraction of sp³-hybridized carbons (Fsp3) is 0.444. The van der Waals surface area contributed by atoms with E-state index in [1.165, 1.54) is 0 Å². The fourth-order valence-electron chi connectivity index (χ4n) is 3.30. The first kappa shape index (κ1) is 16.4. The number of halogens is 1.